The van der Waals surface area contributed by atoms with Crippen LogP contribution in [0, 0.1) is 5.92 Å². The Morgan fingerprint density at radius 2 is 1.77 bits per heavy atom. The smallest absolute Gasteiger partial charge is 0.262 e. The highest BCUT2D eigenvalue weighted by Gasteiger charge is 2.55. The molecule has 2 N–H and O–H groups in total. The number of nitrogens with zero attached hydrogens (tertiary/aromatic N) is 3. The molecule has 2 aliphatic heterocycles. The number of rotatable bonds is 4. The Morgan fingerprint density at radius 1 is 1.00 bits per heavy atom. The van der Waals surface area contributed by atoms with Crippen molar-refractivity contribution in [2.45, 2.75) is 56.5 Å². The molecule has 31 heavy (non-hydrogen) atoms. The van der Waals surface area contributed by atoms with E-state index in [4.69, 9.17) is 15.5 Å². The molecule has 1 atom stereocenters. The van der Waals surface area contributed by atoms with Crippen LogP contribution in [0.2, 0.25) is 0 Å². The lowest BCUT2D eigenvalue weighted by Gasteiger charge is -2.38. The van der Waals surface area contributed by atoms with Crippen molar-refractivity contribution in [3.05, 3.63) is 54.4 Å². The Morgan fingerprint density at radius 3 is 2.52 bits per heavy atom. The van der Waals surface area contributed by atoms with Crippen molar-refractivity contribution in [1.82, 2.24) is 9.88 Å². The highest BCUT2D eigenvalue weighted by molar-refractivity contribution is 6.07. The van der Waals surface area contributed by atoms with Crippen molar-refractivity contribution in [1.29, 1.82) is 0 Å². The molecular weight excluding hydrogens is 388 g/mol. The first-order chi connectivity index (χ1) is 15.2. The first-order valence-corrected chi connectivity index (χ1v) is 11.5. The molecule has 2 fully saturated rings. The van der Waals surface area contributed by atoms with Gasteiger partial charge in [-0.2, -0.15) is 0 Å². The maximum atomic E-state index is 14.2. The summed E-state index contributed by atoms with van der Waals surface area (Å²) in [6, 6.07) is 12.3. The van der Waals surface area contributed by atoms with Crippen molar-refractivity contribution in [2.24, 2.45) is 16.6 Å². The summed E-state index contributed by atoms with van der Waals surface area (Å²) in [5, 5.41) is 0. The number of aliphatic imine (C=N–C) groups is 1. The maximum absolute atomic E-state index is 14.2. The fourth-order valence-corrected chi connectivity index (χ4v) is 5.55. The first kappa shape index (κ1) is 20.2. The molecule has 5 rings (SSSR count). The Balaban J connectivity index is 1.59. The minimum absolute atomic E-state index is 0.0483. The van der Waals surface area contributed by atoms with Crippen molar-refractivity contribution in [3.63, 3.8) is 0 Å². The third kappa shape index (κ3) is 3.53. The monoisotopic (exact) mass is 418 g/mol. The van der Waals surface area contributed by atoms with E-state index in [1.807, 2.05) is 24.4 Å². The number of aromatic nitrogens is 1. The zero-order chi connectivity index (χ0) is 21.3. The van der Waals surface area contributed by atoms with Crippen LogP contribution in [-0.2, 0) is 15.1 Å². The Bertz CT molecular complexity index is 964. The predicted octanol–water partition coefficient (Wildman–Crippen LogP) is 3.86. The Labute approximate surface area is 183 Å². The molecule has 1 aromatic carbocycles. The molecule has 0 bridgehead atoms. The summed E-state index contributed by atoms with van der Waals surface area (Å²) in [6.45, 7) is 1.32. The normalized spacial score (nSPS) is 25.6. The summed E-state index contributed by atoms with van der Waals surface area (Å²) in [5.74, 6) is 0.586. The van der Waals surface area contributed by atoms with Crippen molar-refractivity contribution in [2.75, 3.05) is 13.2 Å². The largest absolute Gasteiger partial charge is 0.381 e. The fourth-order valence-electron chi connectivity index (χ4n) is 5.55. The first-order valence-electron chi connectivity index (χ1n) is 11.5. The lowest BCUT2D eigenvalue weighted by Crippen LogP contribution is -2.52. The molecule has 1 amide bonds. The number of nitrogens with two attached hydrogens (primary N) is 1. The summed E-state index contributed by atoms with van der Waals surface area (Å²) in [4.78, 5) is 25.2. The van der Waals surface area contributed by atoms with Gasteiger partial charge in [-0.05, 0) is 60.4 Å². The average Bonchev–Trinajstić information content (AvgIpc) is 3.11. The number of amides is 1. The molecular formula is C25H30N4O2. The summed E-state index contributed by atoms with van der Waals surface area (Å²) in [6.07, 6.45) is 10.7. The van der Waals surface area contributed by atoms with Crippen LogP contribution in [0.25, 0.3) is 11.1 Å². The minimum Gasteiger partial charge on any atom is -0.381 e. The van der Waals surface area contributed by atoms with Gasteiger partial charge in [0, 0.05) is 31.6 Å². The van der Waals surface area contributed by atoms with Gasteiger partial charge in [0.2, 0.25) is 0 Å². The number of benzene rings is 1. The molecule has 2 aromatic rings. The molecule has 0 spiro atoms. The number of hydrogen-bond donors (Lipinski definition) is 1. The lowest BCUT2D eigenvalue weighted by molar-refractivity contribution is -0.136. The highest BCUT2D eigenvalue weighted by Crippen LogP contribution is 2.47. The van der Waals surface area contributed by atoms with E-state index in [0.29, 0.717) is 19.2 Å². The van der Waals surface area contributed by atoms with Gasteiger partial charge in [-0.15, -0.1) is 0 Å². The van der Waals surface area contributed by atoms with Crippen molar-refractivity contribution in [3.8, 4) is 11.1 Å². The average molecular weight is 419 g/mol. The topological polar surface area (TPSA) is 80.8 Å². The number of carbonyl (C=O) groups is 1. The van der Waals surface area contributed by atoms with E-state index in [1.54, 1.807) is 11.1 Å². The molecule has 3 aliphatic rings. The summed E-state index contributed by atoms with van der Waals surface area (Å²) < 4.78 is 5.52. The van der Waals surface area contributed by atoms with Gasteiger partial charge in [-0.1, -0.05) is 43.5 Å². The second-order valence-electron chi connectivity index (χ2n) is 8.91. The van der Waals surface area contributed by atoms with Gasteiger partial charge in [-0.3, -0.25) is 14.7 Å². The van der Waals surface area contributed by atoms with Crippen LogP contribution in [0.5, 0.6) is 0 Å². The molecule has 162 valence electrons. The number of guanidine groups is 1. The van der Waals surface area contributed by atoms with Crippen LogP contribution in [0.15, 0.2) is 53.8 Å². The SMILES string of the molecule is NC1=NC(c2cccc(-c3cccnc3)c2)(C2CCCCC2)C(=O)N1C1CCOCC1. The molecule has 1 aliphatic carbocycles. The van der Waals surface area contributed by atoms with Gasteiger partial charge >= 0.3 is 0 Å². The van der Waals surface area contributed by atoms with Gasteiger partial charge in [0.15, 0.2) is 11.5 Å². The van der Waals surface area contributed by atoms with Gasteiger partial charge in [-0.25, -0.2) is 4.99 Å². The number of ether oxygens (including phenoxy) is 1. The molecule has 0 radical (unpaired) electrons. The zero-order valence-corrected chi connectivity index (χ0v) is 17.9. The molecule has 1 aromatic heterocycles. The van der Waals surface area contributed by atoms with Gasteiger partial charge in [0.05, 0.1) is 0 Å². The van der Waals surface area contributed by atoms with Crippen LogP contribution >= 0.6 is 0 Å². The van der Waals surface area contributed by atoms with Crippen LogP contribution in [-0.4, -0.2) is 41.0 Å². The van der Waals surface area contributed by atoms with Crippen molar-refractivity contribution >= 4 is 11.9 Å². The van der Waals surface area contributed by atoms with Crippen LogP contribution in [0.1, 0.15) is 50.5 Å². The zero-order valence-electron chi connectivity index (χ0n) is 17.9. The summed E-state index contributed by atoms with van der Waals surface area (Å²) >= 11 is 0. The molecule has 6 nitrogen and oxygen atoms in total. The highest BCUT2D eigenvalue weighted by atomic mass is 16.5. The third-order valence-corrected chi connectivity index (χ3v) is 7.13. The fraction of sp³-hybridized carbons (Fsp3) is 0.480. The second-order valence-corrected chi connectivity index (χ2v) is 8.91. The number of hydrogen-bond acceptors (Lipinski definition) is 5. The van der Waals surface area contributed by atoms with Crippen LogP contribution in [0.3, 0.4) is 0 Å². The molecule has 1 saturated heterocycles. The standard InChI is InChI=1S/C25H30N4O2/c26-24-28-25(20-8-2-1-3-9-20,23(30)29(24)22-11-14-31-15-12-22)21-10-4-6-18(16-21)19-7-5-13-27-17-19/h4-7,10,13,16-17,20,22H,1-3,8-9,11-12,14-15H2,(H2,26,28). The second kappa shape index (κ2) is 8.42. The maximum Gasteiger partial charge on any atom is 0.262 e. The third-order valence-electron chi connectivity index (χ3n) is 7.13. The number of carbonyl (C=O) groups excluding carboxylic acids is 1. The molecule has 6 heteroatoms. The van der Waals surface area contributed by atoms with E-state index in [1.165, 1.54) is 6.42 Å². The van der Waals surface area contributed by atoms with Gasteiger partial charge in [0.1, 0.15) is 0 Å². The minimum atomic E-state index is -0.930. The summed E-state index contributed by atoms with van der Waals surface area (Å²) in [7, 11) is 0. The van der Waals surface area contributed by atoms with Crippen LogP contribution < -0.4 is 5.73 Å². The van der Waals surface area contributed by atoms with E-state index >= 15 is 0 Å². The Kier molecular flexibility index (Phi) is 5.48. The van der Waals surface area contributed by atoms with Gasteiger partial charge in [0.25, 0.3) is 5.91 Å². The van der Waals surface area contributed by atoms with E-state index < -0.39 is 5.54 Å². The quantitative estimate of drug-likeness (QED) is 0.818. The number of pyridine rings is 1. The molecule has 1 saturated carbocycles. The predicted molar refractivity (Wildman–Crippen MR) is 120 cm³/mol. The Hall–Kier alpha value is -2.73. The molecule has 3 heterocycles. The van der Waals surface area contributed by atoms with Crippen LogP contribution in [0.4, 0.5) is 0 Å². The summed E-state index contributed by atoms with van der Waals surface area (Å²) in [5.41, 5.74) is 8.57. The van der Waals surface area contributed by atoms with E-state index in [0.717, 1.165) is 55.2 Å². The van der Waals surface area contributed by atoms with Crippen molar-refractivity contribution < 1.29 is 9.53 Å². The van der Waals surface area contributed by atoms with E-state index in [2.05, 4.69) is 23.2 Å². The van der Waals surface area contributed by atoms with Gasteiger partial charge < -0.3 is 10.5 Å². The van der Waals surface area contributed by atoms with E-state index in [9.17, 15) is 4.79 Å². The lowest BCUT2D eigenvalue weighted by atomic mass is 9.70. The van der Waals surface area contributed by atoms with E-state index in [-0.39, 0.29) is 17.9 Å². The molecule has 1 unspecified atom stereocenters.